The summed E-state index contributed by atoms with van der Waals surface area (Å²) in [6, 6.07) is 10.6. The monoisotopic (exact) mass is 370 g/mol. The van der Waals surface area contributed by atoms with Crippen LogP contribution in [0.2, 0.25) is 0 Å². The molecule has 0 aliphatic carbocycles. The van der Waals surface area contributed by atoms with Crippen LogP contribution in [-0.4, -0.2) is 38.8 Å². The van der Waals surface area contributed by atoms with Gasteiger partial charge in [-0.2, -0.15) is 0 Å². The minimum atomic E-state index is 0.0633. The zero-order chi connectivity index (χ0) is 17.9. The molecule has 0 radical (unpaired) electrons. The van der Waals surface area contributed by atoms with Crippen LogP contribution in [-0.2, 0) is 11.3 Å². The van der Waals surface area contributed by atoms with E-state index in [0.717, 1.165) is 49.8 Å². The zero-order valence-electron chi connectivity index (χ0n) is 15.2. The highest BCUT2D eigenvalue weighted by Crippen LogP contribution is 2.39. The molecule has 138 valence electrons. The summed E-state index contributed by atoms with van der Waals surface area (Å²) in [5.41, 5.74) is 2.31. The number of hydrogen-bond acceptors (Lipinski definition) is 3. The van der Waals surface area contributed by atoms with Crippen molar-refractivity contribution in [1.82, 2.24) is 19.8 Å². The summed E-state index contributed by atoms with van der Waals surface area (Å²) in [5.74, 6) is 0. The van der Waals surface area contributed by atoms with Gasteiger partial charge in [0.1, 0.15) is 0 Å². The molecule has 2 aromatic rings. The van der Waals surface area contributed by atoms with E-state index in [9.17, 15) is 0 Å². The third kappa shape index (κ3) is 3.35. The molecule has 0 saturated carbocycles. The minimum Gasteiger partial charge on any atom is -0.376 e. The Balaban J connectivity index is 1.68. The predicted octanol–water partition coefficient (Wildman–Crippen LogP) is 3.44. The molecule has 4 rings (SSSR count). The Hall–Kier alpha value is -1.92. The fourth-order valence-electron chi connectivity index (χ4n) is 4.08. The normalized spacial score (nSPS) is 25.7. The zero-order valence-corrected chi connectivity index (χ0v) is 16.0. The lowest BCUT2D eigenvalue weighted by Crippen LogP contribution is -2.31. The number of thiocarbonyl (C=S) groups is 1. The summed E-state index contributed by atoms with van der Waals surface area (Å²) < 4.78 is 8.20. The van der Waals surface area contributed by atoms with Gasteiger partial charge < -0.3 is 19.5 Å². The second-order valence-electron chi connectivity index (χ2n) is 7.04. The van der Waals surface area contributed by atoms with Gasteiger partial charge in [-0.1, -0.05) is 13.0 Å². The Kier molecular flexibility index (Phi) is 5.22. The summed E-state index contributed by atoms with van der Waals surface area (Å²) in [5, 5.41) is 4.33. The van der Waals surface area contributed by atoms with Crippen molar-refractivity contribution < 1.29 is 4.74 Å². The maximum atomic E-state index is 5.86. The van der Waals surface area contributed by atoms with Gasteiger partial charge in [-0.25, -0.2) is 0 Å². The molecule has 0 unspecified atom stereocenters. The fourth-order valence-corrected chi connectivity index (χ4v) is 4.41. The first kappa shape index (κ1) is 17.5. The van der Waals surface area contributed by atoms with Crippen LogP contribution in [0.15, 0.2) is 42.7 Å². The molecule has 6 heteroatoms. The van der Waals surface area contributed by atoms with E-state index in [2.05, 4.69) is 51.1 Å². The van der Waals surface area contributed by atoms with Crippen molar-refractivity contribution in [1.29, 1.82) is 0 Å². The lowest BCUT2D eigenvalue weighted by atomic mass is 10.0. The van der Waals surface area contributed by atoms with Crippen LogP contribution in [0.1, 0.15) is 49.7 Å². The number of nitrogens with zero attached hydrogens (tertiary/aromatic N) is 3. The minimum absolute atomic E-state index is 0.0633. The first-order valence-electron chi connectivity index (χ1n) is 9.52. The van der Waals surface area contributed by atoms with Crippen molar-refractivity contribution in [2.45, 2.75) is 50.9 Å². The van der Waals surface area contributed by atoms with Crippen LogP contribution >= 0.6 is 12.2 Å². The molecule has 0 bridgehead atoms. The average molecular weight is 371 g/mol. The van der Waals surface area contributed by atoms with Crippen molar-refractivity contribution >= 4 is 17.3 Å². The Labute approximate surface area is 160 Å². The van der Waals surface area contributed by atoms with Crippen LogP contribution in [0.3, 0.4) is 0 Å². The number of ether oxygens (including phenoxy) is 1. The number of aromatic nitrogens is 2. The van der Waals surface area contributed by atoms with Gasteiger partial charge in [0.15, 0.2) is 5.11 Å². The quantitative estimate of drug-likeness (QED) is 0.789. The van der Waals surface area contributed by atoms with Crippen molar-refractivity contribution in [2.75, 3.05) is 13.2 Å². The molecule has 1 N–H and O–H groups in total. The molecular formula is C20H26N4OS. The van der Waals surface area contributed by atoms with Gasteiger partial charge in [-0.05, 0) is 55.7 Å². The third-order valence-electron chi connectivity index (χ3n) is 5.25. The number of pyridine rings is 1. The maximum absolute atomic E-state index is 5.86. The molecule has 0 spiro atoms. The van der Waals surface area contributed by atoms with Gasteiger partial charge in [0.25, 0.3) is 0 Å². The topological polar surface area (TPSA) is 42.3 Å². The van der Waals surface area contributed by atoms with E-state index in [4.69, 9.17) is 17.0 Å². The Morgan fingerprint density at radius 1 is 1.31 bits per heavy atom. The molecule has 2 aromatic heterocycles. The molecule has 0 amide bonds. The van der Waals surface area contributed by atoms with Crippen molar-refractivity contribution in [3.63, 3.8) is 0 Å². The second kappa shape index (κ2) is 7.76. The summed E-state index contributed by atoms with van der Waals surface area (Å²) in [4.78, 5) is 6.92. The summed E-state index contributed by atoms with van der Waals surface area (Å²) in [7, 11) is 0. The van der Waals surface area contributed by atoms with Gasteiger partial charge in [0, 0.05) is 37.8 Å². The highest BCUT2D eigenvalue weighted by molar-refractivity contribution is 7.80. The largest absolute Gasteiger partial charge is 0.376 e. The summed E-state index contributed by atoms with van der Waals surface area (Å²) in [6.45, 7) is 4.92. The van der Waals surface area contributed by atoms with Gasteiger partial charge in [0.05, 0.1) is 23.9 Å². The molecule has 26 heavy (non-hydrogen) atoms. The molecule has 4 heterocycles. The van der Waals surface area contributed by atoms with Gasteiger partial charge >= 0.3 is 0 Å². The van der Waals surface area contributed by atoms with E-state index in [0.29, 0.717) is 6.10 Å². The van der Waals surface area contributed by atoms with Crippen LogP contribution in [0.5, 0.6) is 0 Å². The van der Waals surface area contributed by atoms with E-state index in [1.54, 1.807) is 0 Å². The van der Waals surface area contributed by atoms with E-state index in [1.807, 2.05) is 18.3 Å². The number of nitrogens with one attached hydrogen (secondary N) is 1. The predicted molar refractivity (Wildman–Crippen MR) is 106 cm³/mol. The van der Waals surface area contributed by atoms with Crippen LogP contribution in [0.4, 0.5) is 0 Å². The molecule has 2 fully saturated rings. The second-order valence-corrected chi connectivity index (χ2v) is 7.43. The third-order valence-corrected chi connectivity index (χ3v) is 5.61. The molecule has 5 nitrogen and oxygen atoms in total. The Bertz CT molecular complexity index is 741. The highest BCUT2D eigenvalue weighted by Gasteiger charge is 2.40. The molecule has 2 saturated heterocycles. The van der Waals surface area contributed by atoms with Crippen molar-refractivity contribution in [3.8, 4) is 0 Å². The van der Waals surface area contributed by atoms with Crippen LogP contribution in [0, 0.1) is 0 Å². The van der Waals surface area contributed by atoms with E-state index < -0.39 is 0 Å². The van der Waals surface area contributed by atoms with E-state index >= 15 is 0 Å². The number of hydrogen-bond donors (Lipinski definition) is 1. The SMILES string of the molecule is CCCN1C(=S)N[C@H](c2ccccn2)[C@H]1c1cccn1C[C@H]1CCCO1. The maximum Gasteiger partial charge on any atom is 0.170 e. The van der Waals surface area contributed by atoms with Gasteiger partial charge in [0.2, 0.25) is 0 Å². The highest BCUT2D eigenvalue weighted by atomic mass is 32.1. The van der Waals surface area contributed by atoms with E-state index in [-0.39, 0.29) is 12.1 Å². The van der Waals surface area contributed by atoms with Crippen LogP contribution in [0.25, 0.3) is 0 Å². The molecule has 2 aliphatic heterocycles. The summed E-state index contributed by atoms with van der Waals surface area (Å²) in [6.07, 6.45) is 7.69. The van der Waals surface area contributed by atoms with Gasteiger partial charge in [-0.15, -0.1) is 0 Å². The lowest BCUT2D eigenvalue weighted by molar-refractivity contribution is 0.0953. The Morgan fingerprint density at radius 2 is 2.23 bits per heavy atom. The smallest absolute Gasteiger partial charge is 0.170 e. The van der Waals surface area contributed by atoms with E-state index in [1.165, 1.54) is 5.69 Å². The molecular weight excluding hydrogens is 344 g/mol. The molecule has 2 aliphatic rings. The number of rotatable bonds is 6. The van der Waals surface area contributed by atoms with Crippen molar-refractivity contribution in [2.24, 2.45) is 0 Å². The van der Waals surface area contributed by atoms with Gasteiger partial charge in [-0.3, -0.25) is 4.98 Å². The standard InChI is InChI=1S/C20H26N4OS/c1-2-11-24-19(18(22-20(24)26)16-8-3-4-10-21-16)17-9-5-12-23(17)14-15-7-6-13-25-15/h3-5,8-10,12,15,18-19H,2,6-7,11,13-14H2,1H3,(H,22,26)/t15-,18-,19-/m1/s1. The summed E-state index contributed by atoms with van der Waals surface area (Å²) >= 11 is 5.67. The molecule has 0 aromatic carbocycles. The van der Waals surface area contributed by atoms with Crippen LogP contribution < -0.4 is 5.32 Å². The molecule has 3 atom stereocenters. The lowest BCUT2D eigenvalue weighted by Gasteiger charge is -2.29. The first-order chi connectivity index (χ1) is 12.8. The first-order valence-corrected chi connectivity index (χ1v) is 9.93. The fraction of sp³-hybridized carbons (Fsp3) is 0.500. The Morgan fingerprint density at radius 3 is 2.96 bits per heavy atom. The van der Waals surface area contributed by atoms with Crippen molar-refractivity contribution in [3.05, 3.63) is 54.1 Å². The average Bonchev–Trinajstić information content (AvgIpc) is 3.39.